The minimum atomic E-state index is 0.00929. The fourth-order valence-corrected chi connectivity index (χ4v) is 2.60. The number of aromatic nitrogens is 2. The zero-order chi connectivity index (χ0) is 16.9. The van der Waals surface area contributed by atoms with Gasteiger partial charge in [-0.15, -0.1) is 0 Å². The fraction of sp³-hybridized carbons (Fsp3) is 0.294. The summed E-state index contributed by atoms with van der Waals surface area (Å²) in [5.41, 5.74) is 1.32. The van der Waals surface area contributed by atoms with E-state index in [9.17, 15) is 4.79 Å². The number of methoxy groups -OCH3 is 1. The van der Waals surface area contributed by atoms with Gasteiger partial charge in [-0.2, -0.15) is 5.26 Å². The molecule has 1 saturated heterocycles. The molecule has 7 heteroatoms. The Labute approximate surface area is 140 Å². The maximum Gasteiger partial charge on any atom is 0.242 e. The van der Waals surface area contributed by atoms with Crippen LogP contribution in [0.25, 0.3) is 0 Å². The van der Waals surface area contributed by atoms with Crippen LogP contribution in [-0.4, -0.2) is 47.5 Å². The van der Waals surface area contributed by atoms with E-state index in [4.69, 9.17) is 10.00 Å². The first-order chi connectivity index (χ1) is 11.7. The predicted octanol–water partition coefficient (Wildman–Crippen LogP) is 1.21. The van der Waals surface area contributed by atoms with Crippen LogP contribution < -0.4 is 9.64 Å². The summed E-state index contributed by atoms with van der Waals surface area (Å²) in [6.45, 7) is 1.96. The molecule has 0 aliphatic carbocycles. The Kier molecular flexibility index (Phi) is 4.57. The average Bonchev–Trinajstić information content (AvgIpc) is 2.63. The Morgan fingerprint density at radius 2 is 2.21 bits per heavy atom. The molecule has 1 aliphatic heterocycles. The van der Waals surface area contributed by atoms with Crippen LogP contribution in [0.1, 0.15) is 11.3 Å². The van der Waals surface area contributed by atoms with Gasteiger partial charge >= 0.3 is 0 Å². The van der Waals surface area contributed by atoms with Crippen molar-refractivity contribution >= 4 is 11.9 Å². The van der Waals surface area contributed by atoms with E-state index in [0.717, 1.165) is 11.3 Å². The van der Waals surface area contributed by atoms with Crippen LogP contribution in [0.5, 0.6) is 5.75 Å². The van der Waals surface area contributed by atoms with Crippen LogP contribution in [0.2, 0.25) is 0 Å². The third kappa shape index (κ3) is 3.43. The third-order valence-electron chi connectivity index (χ3n) is 3.87. The Balaban J connectivity index is 1.67. The van der Waals surface area contributed by atoms with E-state index < -0.39 is 0 Å². The van der Waals surface area contributed by atoms with E-state index in [0.29, 0.717) is 31.3 Å². The monoisotopic (exact) mass is 323 g/mol. The summed E-state index contributed by atoms with van der Waals surface area (Å²) in [5.74, 6) is 1.21. The maximum atomic E-state index is 12.4. The van der Waals surface area contributed by atoms with Crippen LogP contribution in [0.15, 0.2) is 36.5 Å². The Bertz CT molecular complexity index is 787. The van der Waals surface area contributed by atoms with Gasteiger partial charge in [0, 0.05) is 25.8 Å². The van der Waals surface area contributed by atoms with Crippen molar-refractivity contribution in [2.24, 2.45) is 0 Å². The van der Waals surface area contributed by atoms with Gasteiger partial charge in [-0.25, -0.2) is 9.97 Å². The van der Waals surface area contributed by atoms with E-state index in [2.05, 4.69) is 9.97 Å². The van der Waals surface area contributed by atoms with Crippen LogP contribution in [0, 0.1) is 11.3 Å². The lowest BCUT2D eigenvalue weighted by molar-refractivity contribution is -0.131. The fourth-order valence-electron chi connectivity index (χ4n) is 2.60. The molecule has 0 atom stereocenters. The van der Waals surface area contributed by atoms with Crippen molar-refractivity contribution in [2.75, 3.05) is 31.6 Å². The summed E-state index contributed by atoms with van der Waals surface area (Å²) < 4.78 is 5.21. The molecule has 0 N–H and O–H groups in total. The molecule has 1 fully saturated rings. The highest BCUT2D eigenvalue weighted by atomic mass is 16.5. The number of anilines is 1. The first-order valence-electron chi connectivity index (χ1n) is 7.58. The van der Waals surface area contributed by atoms with Crippen molar-refractivity contribution in [3.63, 3.8) is 0 Å². The molecule has 2 heterocycles. The van der Waals surface area contributed by atoms with Gasteiger partial charge in [0.2, 0.25) is 11.9 Å². The number of ether oxygens (including phenoxy) is 1. The standard InChI is InChI=1S/C17H17N5O2/c1-24-15-4-2-3-13(9-15)11-21-7-8-22(12-16(21)23)17-19-6-5-14(10-18)20-17/h2-6,9H,7-8,11-12H2,1H3. The zero-order valence-corrected chi connectivity index (χ0v) is 13.3. The van der Waals surface area contributed by atoms with Crippen molar-refractivity contribution < 1.29 is 9.53 Å². The molecule has 7 nitrogen and oxygen atoms in total. The van der Waals surface area contributed by atoms with E-state index in [1.54, 1.807) is 23.0 Å². The third-order valence-corrected chi connectivity index (χ3v) is 3.87. The number of carbonyl (C=O) groups is 1. The molecule has 0 saturated carbocycles. The molecule has 24 heavy (non-hydrogen) atoms. The largest absolute Gasteiger partial charge is 0.497 e. The number of hydrogen-bond acceptors (Lipinski definition) is 6. The first-order valence-corrected chi connectivity index (χ1v) is 7.58. The number of hydrogen-bond donors (Lipinski definition) is 0. The Morgan fingerprint density at radius 1 is 1.33 bits per heavy atom. The summed E-state index contributed by atoms with van der Waals surface area (Å²) in [6, 6.07) is 11.2. The minimum Gasteiger partial charge on any atom is -0.497 e. The van der Waals surface area contributed by atoms with Crippen molar-refractivity contribution in [1.29, 1.82) is 5.26 Å². The number of carbonyl (C=O) groups excluding carboxylic acids is 1. The smallest absolute Gasteiger partial charge is 0.242 e. The molecule has 0 radical (unpaired) electrons. The van der Waals surface area contributed by atoms with Crippen molar-refractivity contribution in [1.82, 2.24) is 14.9 Å². The molecule has 1 aliphatic rings. The van der Waals surface area contributed by atoms with Crippen molar-refractivity contribution in [3.8, 4) is 11.8 Å². The van der Waals surface area contributed by atoms with Crippen LogP contribution in [0.3, 0.4) is 0 Å². The molecule has 1 aromatic carbocycles. The van der Waals surface area contributed by atoms with Crippen molar-refractivity contribution in [3.05, 3.63) is 47.8 Å². The number of nitriles is 1. The summed E-state index contributed by atoms with van der Waals surface area (Å²) in [6.07, 6.45) is 1.54. The first kappa shape index (κ1) is 15.7. The predicted molar refractivity (Wildman–Crippen MR) is 87.4 cm³/mol. The molecule has 2 aromatic rings. The lowest BCUT2D eigenvalue weighted by atomic mass is 10.2. The SMILES string of the molecule is COc1cccc(CN2CCN(c3nccc(C#N)n3)CC2=O)c1. The quantitative estimate of drug-likeness (QED) is 0.841. The molecule has 3 rings (SSSR count). The number of amides is 1. The van der Waals surface area contributed by atoms with Crippen LogP contribution >= 0.6 is 0 Å². The highest BCUT2D eigenvalue weighted by molar-refractivity contribution is 5.82. The molecular weight excluding hydrogens is 306 g/mol. The van der Waals surface area contributed by atoms with E-state index in [1.807, 2.05) is 30.3 Å². The van der Waals surface area contributed by atoms with Gasteiger partial charge in [-0.1, -0.05) is 12.1 Å². The highest BCUT2D eigenvalue weighted by Gasteiger charge is 2.25. The van der Waals surface area contributed by atoms with Crippen LogP contribution in [-0.2, 0) is 11.3 Å². The van der Waals surface area contributed by atoms with Gasteiger partial charge in [0.05, 0.1) is 7.11 Å². The van der Waals surface area contributed by atoms with E-state index >= 15 is 0 Å². The number of nitrogens with zero attached hydrogens (tertiary/aromatic N) is 5. The Hall–Kier alpha value is -3.14. The van der Waals surface area contributed by atoms with Gasteiger partial charge in [0.1, 0.15) is 24.1 Å². The summed E-state index contributed by atoms with van der Waals surface area (Å²) >= 11 is 0. The second-order valence-corrected chi connectivity index (χ2v) is 5.44. The molecular formula is C17H17N5O2. The van der Waals surface area contributed by atoms with E-state index in [-0.39, 0.29) is 12.5 Å². The normalized spacial score (nSPS) is 14.4. The lowest BCUT2D eigenvalue weighted by Gasteiger charge is -2.34. The molecule has 122 valence electrons. The molecule has 0 spiro atoms. The average molecular weight is 323 g/mol. The summed E-state index contributed by atoms with van der Waals surface area (Å²) in [7, 11) is 1.62. The van der Waals surface area contributed by atoms with Gasteiger partial charge in [0.15, 0.2) is 0 Å². The second-order valence-electron chi connectivity index (χ2n) is 5.44. The van der Waals surface area contributed by atoms with E-state index in [1.165, 1.54) is 6.20 Å². The molecule has 0 bridgehead atoms. The summed E-state index contributed by atoms with van der Waals surface area (Å²) in [5, 5.41) is 8.92. The maximum absolute atomic E-state index is 12.4. The van der Waals surface area contributed by atoms with Crippen LogP contribution in [0.4, 0.5) is 5.95 Å². The molecule has 1 amide bonds. The highest BCUT2D eigenvalue weighted by Crippen LogP contribution is 2.17. The number of benzene rings is 1. The lowest BCUT2D eigenvalue weighted by Crippen LogP contribution is -2.50. The molecule has 0 unspecified atom stereocenters. The van der Waals surface area contributed by atoms with Gasteiger partial charge in [-0.3, -0.25) is 4.79 Å². The summed E-state index contributed by atoms with van der Waals surface area (Å²) in [4.78, 5) is 24.3. The van der Waals surface area contributed by atoms with Gasteiger partial charge in [-0.05, 0) is 23.8 Å². The number of piperazine rings is 1. The Morgan fingerprint density at radius 3 is 2.96 bits per heavy atom. The van der Waals surface area contributed by atoms with Crippen molar-refractivity contribution in [2.45, 2.75) is 6.54 Å². The zero-order valence-electron chi connectivity index (χ0n) is 13.3. The topological polar surface area (TPSA) is 82.3 Å². The number of rotatable bonds is 4. The van der Waals surface area contributed by atoms with Gasteiger partial charge < -0.3 is 14.5 Å². The minimum absolute atomic E-state index is 0.00929. The molecule has 1 aromatic heterocycles. The van der Waals surface area contributed by atoms with Gasteiger partial charge in [0.25, 0.3) is 0 Å². The second kappa shape index (κ2) is 6.96.